The summed E-state index contributed by atoms with van der Waals surface area (Å²) in [7, 11) is -9.99. The molecule has 0 saturated carbocycles. The molecule has 5 atom stereocenters. The third-order valence-electron chi connectivity index (χ3n) is 16.9. The van der Waals surface area contributed by atoms with Crippen LogP contribution < -0.4 is 0 Å². The normalized spacial score (nSPS) is 14.5. The van der Waals surface area contributed by atoms with E-state index >= 15 is 0 Å². The van der Waals surface area contributed by atoms with E-state index in [2.05, 4.69) is 125 Å². The van der Waals surface area contributed by atoms with Gasteiger partial charge in [-0.25, -0.2) is 9.13 Å². The van der Waals surface area contributed by atoms with Crippen molar-refractivity contribution in [2.45, 2.75) is 354 Å². The summed E-state index contributed by atoms with van der Waals surface area (Å²) in [6, 6.07) is 0. The first kappa shape index (κ1) is 99.5. The summed E-state index contributed by atoms with van der Waals surface area (Å²) >= 11 is 0. The Morgan fingerprint density at radius 3 is 0.788 bits per heavy atom. The zero-order chi connectivity index (χ0) is 76.0. The standard InChI is InChI=1S/C85H146O17P2/c1-5-9-13-17-21-25-29-33-37-39-43-46-50-54-58-62-66-70-83(88)96-76-81(102-85(90)72-68-64-60-56-52-48-44-40-38-34-30-26-22-18-14-10-6-2)78-100-104(93,94)98-74-79(86)73-97-103(91,92)99-77-80(101-84(89)71-67-63-59-55-51-47-42-36-32-28-24-20-16-12-8-4)75-95-82(87)69-65-61-57-53-49-45-41-35-31-27-23-19-15-11-7-3/h21-23,25-27,33-35,37-38,41,43-44,46,48,54,56,58,60,79-81,86H,5-20,24,28-32,36,39-40,42,45,47,49-53,55,57,59,61-78H2,1-4H3,(H,91,92)(H,93,94)/b25-21-,26-22-,27-23-,37-33-,38-34-,41-35-,46-43-,48-44-,58-54-,60-56-/t79-,80+,81+/m0/s1. The predicted octanol–water partition coefficient (Wildman–Crippen LogP) is 23.9. The van der Waals surface area contributed by atoms with Crippen molar-refractivity contribution < 1.29 is 80.2 Å². The molecule has 17 nitrogen and oxygen atoms in total. The number of hydrogen-bond acceptors (Lipinski definition) is 15. The highest BCUT2D eigenvalue weighted by atomic mass is 31.2. The fourth-order valence-electron chi connectivity index (χ4n) is 10.6. The maximum absolute atomic E-state index is 13.1. The van der Waals surface area contributed by atoms with E-state index in [0.29, 0.717) is 38.5 Å². The van der Waals surface area contributed by atoms with Crippen LogP contribution in [-0.4, -0.2) is 96.7 Å². The molecule has 0 aromatic carbocycles. The van der Waals surface area contributed by atoms with Crippen molar-refractivity contribution >= 4 is 39.5 Å². The molecule has 0 rings (SSSR count). The Balaban J connectivity index is 5.47. The number of carbonyl (C=O) groups excluding carboxylic acids is 4. The maximum Gasteiger partial charge on any atom is 0.472 e. The molecule has 104 heavy (non-hydrogen) atoms. The number of phosphoric acid groups is 2. The van der Waals surface area contributed by atoms with E-state index < -0.39 is 97.5 Å². The van der Waals surface area contributed by atoms with Gasteiger partial charge in [-0.15, -0.1) is 0 Å². The highest BCUT2D eigenvalue weighted by Gasteiger charge is 2.30. The van der Waals surface area contributed by atoms with Crippen LogP contribution in [0.15, 0.2) is 122 Å². The number of aliphatic hydroxyl groups is 1. The van der Waals surface area contributed by atoms with Crippen LogP contribution in [0.1, 0.15) is 336 Å². The molecular formula is C85H146O17P2. The molecule has 0 bridgehead atoms. The summed E-state index contributed by atoms with van der Waals surface area (Å²) < 4.78 is 68.5. The highest BCUT2D eigenvalue weighted by molar-refractivity contribution is 7.47. The predicted molar refractivity (Wildman–Crippen MR) is 427 cm³/mol. The average Bonchev–Trinajstić information content (AvgIpc) is 0.926. The molecule has 0 amide bonds. The van der Waals surface area contributed by atoms with Gasteiger partial charge in [-0.3, -0.25) is 37.3 Å². The van der Waals surface area contributed by atoms with Crippen molar-refractivity contribution in [3.05, 3.63) is 122 Å². The lowest BCUT2D eigenvalue weighted by molar-refractivity contribution is -0.161. The molecule has 598 valence electrons. The van der Waals surface area contributed by atoms with E-state index in [1.54, 1.807) is 0 Å². The number of hydrogen-bond donors (Lipinski definition) is 3. The van der Waals surface area contributed by atoms with Crippen molar-refractivity contribution in [1.29, 1.82) is 0 Å². The summed E-state index contributed by atoms with van der Waals surface area (Å²) in [6.45, 7) is 4.69. The lowest BCUT2D eigenvalue weighted by atomic mass is 10.0. The van der Waals surface area contributed by atoms with Crippen molar-refractivity contribution in [3.63, 3.8) is 0 Å². The second kappa shape index (κ2) is 76.6. The van der Waals surface area contributed by atoms with Gasteiger partial charge in [0, 0.05) is 25.7 Å². The lowest BCUT2D eigenvalue weighted by Gasteiger charge is -2.21. The second-order valence-corrected chi connectivity index (χ2v) is 29.9. The van der Waals surface area contributed by atoms with Crippen molar-refractivity contribution in [2.75, 3.05) is 39.6 Å². The van der Waals surface area contributed by atoms with Crippen LogP contribution in [-0.2, 0) is 65.4 Å². The first-order valence-corrected chi connectivity index (χ1v) is 43.8. The minimum atomic E-state index is -5.01. The number of phosphoric ester groups is 2. The van der Waals surface area contributed by atoms with Crippen LogP contribution in [0.25, 0.3) is 0 Å². The van der Waals surface area contributed by atoms with Gasteiger partial charge in [0.2, 0.25) is 0 Å². The fourth-order valence-corrected chi connectivity index (χ4v) is 12.2. The maximum atomic E-state index is 13.1. The Labute approximate surface area is 632 Å². The highest BCUT2D eigenvalue weighted by Crippen LogP contribution is 2.45. The largest absolute Gasteiger partial charge is 0.472 e. The molecule has 0 aromatic heterocycles. The monoisotopic (exact) mass is 1500 g/mol. The summed E-state index contributed by atoms with van der Waals surface area (Å²) in [5.41, 5.74) is 0. The van der Waals surface area contributed by atoms with E-state index in [4.69, 9.17) is 37.0 Å². The van der Waals surface area contributed by atoms with Crippen LogP contribution in [0.2, 0.25) is 0 Å². The van der Waals surface area contributed by atoms with Crippen LogP contribution >= 0.6 is 15.6 Å². The molecule has 0 radical (unpaired) electrons. The smallest absolute Gasteiger partial charge is 0.462 e. The summed E-state index contributed by atoms with van der Waals surface area (Å²) in [5.74, 6) is -2.31. The summed E-state index contributed by atoms with van der Waals surface area (Å²) in [4.78, 5) is 73.0. The molecule has 2 unspecified atom stereocenters. The number of allylic oxidation sites excluding steroid dienone is 20. The van der Waals surface area contributed by atoms with Crippen LogP contribution in [0.3, 0.4) is 0 Å². The molecule has 3 N–H and O–H groups in total. The van der Waals surface area contributed by atoms with Gasteiger partial charge < -0.3 is 33.8 Å². The molecule has 0 aliphatic heterocycles. The van der Waals surface area contributed by atoms with Crippen LogP contribution in [0.4, 0.5) is 0 Å². The van der Waals surface area contributed by atoms with E-state index in [-0.39, 0.29) is 25.7 Å². The minimum absolute atomic E-state index is 0.00545. The van der Waals surface area contributed by atoms with Gasteiger partial charge >= 0.3 is 39.5 Å². The fraction of sp³-hybridized carbons (Fsp3) is 0.718. The van der Waals surface area contributed by atoms with Gasteiger partial charge in [0.15, 0.2) is 12.2 Å². The Bertz CT molecular complexity index is 2440. The van der Waals surface area contributed by atoms with Crippen LogP contribution in [0.5, 0.6) is 0 Å². The lowest BCUT2D eigenvalue weighted by Crippen LogP contribution is -2.30. The number of esters is 4. The molecular weight excluding hydrogens is 1350 g/mol. The Morgan fingerprint density at radius 1 is 0.269 bits per heavy atom. The molecule has 0 fully saturated rings. The quantitative estimate of drug-likeness (QED) is 0.0169. The molecule has 0 spiro atoms. The van der Waals surface area contributed by atoms with Gasteiger partial charge in [0.05, 0.1) is 26.4 Å². The number of carbonyl (C=O) groups is 4. The topological polar surface area (TPSA) is 237 Å². The Morgan fingerprint density at radius 2 is 0.481 bits per heavy atom. The summed E-state index contributed by atoms with van der Waals surface area (Å²) in [5, 5.41) is 10.6. The average molecular weight is 1500 g/mol. The molecule has 0 aliphatic rings. The minimum Gasteiger partial charge on any atom is -0.462 e. The zero-order valence-corrected chi connectivity index (χ0v) is 67.2. The van der Waals surface area contributed by atoms with Gasteiger partial charge in [-0.2, -0.15) is 0 Å². The first-order valence-electron chi connectivity index (χ1n) is 40.8. The molecule has 19 heteroatoms. The molecule has 0 aromatic rings. The number of rotatable bonds is 76. The van der Waals surface area contributed by atoms with E-state index in [1.165, 1.54) is 122 Å². The van der Waals surface area contributed by atoms with Crippen molar-refractivity contribution in [3.8, 4) is 0 Å². The van der Waals surface area contributed by atoms with E-state index in [9.17, 15) is 43.2 Å². The number of unbranched alkanes of at least 4 members (excludes halogenated alkanes) is 30. The third kappa shape index (κ3) is 75.7. The summed E-state index contributed by atoms with van der Waals surface area (Å²) in [6.07, 6.45) is 84.7. The second-order valence-electron chi connectivity index (χ2n) is 27.0. The van der Waals surface area contributed by atoms with Gasteiger partial charge in [0.25, 0.3) is 0 Å². The number of aliphatic hydroxyl groups excluding tert-OH is 1. The van der Waals surface area contributed by atoms with E-state index in [1.807, 2.05) is 24.3 Å². The Kier molecular flexibility index (Phi) is 73.3. The molecule has 0 heterocycles. The zero-order valence-electron chi connectivity index (χ0n) is 65.4. The van der Waals surface area contributed by atoms with Crippen LogP contribution in [0, 0.1) is 0 Å². The number of ether oxygens (including phenoxy) is 4. The van der Waals surface area contributed by atoms with Gasteiger partial charge in [-0.1, -0.05) is 297 Å². The van der Waals surface area contributed by atoms with Crippen molar-refractivity contribution in [1.82, 2.24) is 0 Å². The third-order valence-corrected chi connectivity index (χ3v) is 18.8. The van der Waals surface area contributed by atoms with E-state index in [0.717, 1.165) is 122 Å². The van der Waals surface area contributed by atoms with Crippen molar-refractivity contribution in [2.24, 2.45) is 0 Å². The van der Waals surface area contributed by atoms with Gasteiger partial charge in [0.1, 0.15) is 19.3 Å². The van der Waals surface area contributed by atoms with Gasteiger partial charge in [-0.05, 0) is 135 Å². The first-order chi connectivity index (χ1) is 50.7. The molecule has 0 aliphatic carbocycles. The SMILES string of the molecule is CCCCC/C=C\C/C=C\C/C=C\C/C=C\CCCC(=O)OC[C@H](COP(=O)(O)OC[C@@H](O)COP(=O)(O)OC[C@@H](COC(=O)CCCCCCC/C=C\C/C=C\CCCCC)OC(=O)CCCCCCCCCCCCCCCCC)OC(=O)CCC/C=C\C/C=C\C/C=C\C/C=C\CCCCC. The Hall–Kier alpha value is -4.54. The molecule has 0 saturated heterocycles.